The minimum absolute atomic E-state index is 0.118. The molecule has 22 heavy (non-hydrogen) atoms. The number of hydrogen-bond donors (Lipinski definition) is 0. The number of likely N-dealkylation sites (tertiary alicyclic amines) is 1. The van der Waals surface area contributed by atoms with Crippen LogP contribution in [0.4, 0.5) is 8.78 Å². The van der Waals surface area contributed by atoms with E-state index < -0.39 is 23.1 Å². The first-order valence-electron chi connectivity index (χ1n) is 7.40. The smallest absolute Gasteiger partial charge is 0.260 e. The van der Waals surface area contributed by atoms with Crippen molar-refractivity contribution >= 4 is 5.91 Å². The summed E-state index contributed by atoms with van der Waals surface area (Å²) in [5, 5.41) is 0. The van der Waals surface area contributed by atoms with Crippen molar-refractivity contribution in [1.82, 2.24) is 4.90 Å². The van der Waals surface area contributed by atoms with Gasteiger partial charge in [-0.2, -0.15) is 0 Å². The van der Waals surface area contributed by atoms with Crippen LogP contribution in [0.25, 0.3) is 0 Å². The lowest BCUT2D eigenvalue weighted by atomic mass is 9.99. The largest absolute Gasteiger partial charge is 0.331 e. The van der Waals surface area contributed by atoms with Crippen molar-refractivity contribution in [2.45, 2.75) is 25.8 Å². The Morgan fingerprint density at radius 3 is 2.45 bits per heavy atom. The van der Waals surface area contributed by atoms with Gasteiger partial charge in [-0.05, 0) is 43.0 Å². The van der Waals surface area contributed by atoms with Crippen molar-refractivity contribution in [3.8, 4) is 0 Å². The van der Waals surface area contributed by atoms with E-state index in [1.54, 1.807) is 4.90 Å². The van der Waals surface area contributed by atoms with Gasteiger partial charge in [0.1, 0.15) is 17.2 Å². The van der Waals surface area contributed by atoms with Gasteiger partial charge in [0.05, 0.1) is 6.04 Å². The molecule has 114 valence electrons. The number of nitrogens with zero attached hydrogens (tertiary/aromatic N) is 1. The van der Waals surface area contributed by atoms with Gasteiger partial charge < -0.3 is 4.90 Å². The topological polar surface area (TPSA) is 20.3 Å². The maximum atomic E-state index is 13.9. The van der Waals surface area contributed by atoms with E-state index in [-0.39, 0.29) is 6.04 Å². The predicted molar refractivity (Wildman–Crippen MR) is 80.5 cm³/mol. The van der Waals surface area contributed by atoms with Crippen LogP contribution >= 0.6 is 0 Å². The van der Waals surface area contributed by atoms with E-state index in [0.717, 1.165) is 36.1 Å². The second kappa shape index (κ2) is 5.87. The molecular weight excluding hydrogens is 284 g/mol. The van der Waals surface area contributed by atoms with Gasteiger partial charge in [-0.15, -0.1) is 0 Å². The van der Waals surface area contributed by atoms with Crippen LogP contribution in [0.3, 0.4) is 0 Å². The SMILES string of the molecule is Cc1ccccc1[C@@H]1CCCN1C(=O)c1c(F)cccc1F. The number of carbonyl (C=O) groups is 1. The zero-order chi connectivity index (χ0) is 15.7. The predicted octanol–water partition coefficient (Wildman–Crippen LogP) is 4.25. The molecule has 0 N–H and O–H groups in total. The van der Waals surface area contributed by atoms with Crippen molar-refractivity contribution in [2.24, 2.45) is 0 Å². The molecule has 1 atom stereocenters. The Labute approximate surface area is 128 Å². The van der Waals surface area contributed by atoms with Gasteiger partial charge in [0.2, 0.25) is 0 Å². The summed E-state index contributed by atoms with van der Waals surface area (Å²) in [5.74, 6) is -2.18. The Hall–Kier alpha value is -2.23. The Balaban J connectivity index is 1.97. The molecule has 2 aromatic rings. The van der Waals surface area contributed by atoms with E-state index in [2.05, 4.69) is 0 Å². The van der Waals surface area contributed by atoms with Gasteiger partial charge in [-0.3, -0.25) is 4.79 Å². The molecule has 1 amide bonds. The highest BCUT2D eigenvalue weighted by atomic mass is 19.1. The van der Waals surface area contributed by atoms with Gasteiger partial charge in [0.15, 0.2) is 0 Å². The van der Waals surface area contributed by atoms with Gasteiger partial charge in [-0.1, -0.05) is 30.3 Å². The molecule has 1 heterocycles. The molecule has 0 radical (unpaired) electrons. The maximum absolute atomic E-state index is 13.9. The third-order valence-corrected chi connectivity index (χ3v) is 4.24. The van der Waals surface area contributed by atoms with E-state index in [0.29, 0.717) is 6.54 Å². The first kappa shape index (κ1) is 14.7. The average Bonchev–Trinajstić information content (AvgIpc) is 2.96. The molecule has 1 aliphatic rings. The van der Waals surface area contributed by atoms with Crippen molar-refractivity contribution in [3.63, 3.8) is 0 Å². The van der Waals surface area contributed by atoms with Crippen LogP contribution < -0.4 is 0 Å². The Morgan fingerprint density at radius 1 is 1.09 bits per heavy atom. The molecule has 3 rings (SSSR count). The summed E-state index contributed by atoms with van der Waals surface area (Å²) in [6.45, 7) is 2.51. The monoisotopic (exact) mass is 301 g/mol. The van der Waals surface area contributed by atoms with Gasteiger partial charge in [-0.25, -0.2) is 8.78 Å². The van der Waals surface area contributed by atoms with Crippen LogP contribution in [-0.2, 0) is 0 Å². The lowest BCUT2D eigenvalue weighted by molar-refractivity contribution is 0.0725. The van der Waals surface area contributed by atoms with E-state index in [1.807, 2.05) is 31.2 Å². The fourth-order valence-electron chi connectivity index (χ4n) is 3.14. The van der Waals surface area contributed by atoms with Crippen LogP contribution in [0.5, 0.6) is 0 Å². The van der Waals surface area contributed by atoms with E-state index in [1.165, 1.54) is 6.07 Å². The third-order valence-electron chi connectivity index (χ3n) is 4.24. The van der Waals surface area contributed by atoms with Gasteiger partial charge in [0.25, 0.3) is 5.91 Å². The summed E-state index contributed by atoms with van der Waals surface area (Å²) in [6.07, 6.45) is 1.65. The molecule has 0 aliphatic carbocycles. The minimum atomic E-state index is -0.805. The normalized spacial score (nSPS) is 17.8. The standard InChI is InChI=1S/C18H17F2NO/c1-12-6-2-3-7-13(12)16-10-5-11-21(16)18(22)17-14(19)8-4-9-15(17)20/h2-4,6-9,16H,5,10-11H2,1H3/t16-/m0/s1. The number of amides is 1. The Morgan fingerprint density at radius 2 is 1.77 bits per heavy atom. The fraction of sp³-hybridized carbons (Fsp3) is 0.278. The summed E-state index contributed by atoms with van der Waals surface area (Å²) >= 11 is 0. The zero-order valence-electron chi connectivity index (χ0n) is 12.4. The summed E-state index contributed by atoms with van der Waals surface area (Å²) < 4.78 is 27.8. The van der Waals surface area contributed by atoms with E-state index in [4.69, 9.17) is 0 Å². The van der Waals surface area contributed by atoms with Crippen LogP contribution in [0.15, 0.2) is 42.5 Å². The van der Waals surface area contributed by atoms with Gasteiger partial charge >= 0.3 is 0 Å². The second-order valence-electron chi connectivity index (χ2n) is 5.61. The molecule has 2 nitrogen and oxygen atoms in total. The summed E-state index contributed by atoms with van der Waals surface area (Å²) in [4.78, 5) is 14.2. The number of rotatable bonds is 2. The van der Waals surface area contributed by atoms with Crippen molar-refractivity contribution < 1.29 is 13.6 Å². The summed E-state index contributed by atoms with van der Waals surface area (Å²) in [5.41, 5.74) is 1.68. The molecule has 1 fully saturated rings. The Kier molecular flexibility index (Phi) is 3.92. The number of carbonyl (C=O) groups excluding carboxylic acids is 1. The highest BCUT2D eigenvalue weighted by molar-refractivity contribution is 5.95. The third kappa shape index (κ3) is 2.49. The molecule has 0 bridgehead atoms. The molecule has 0 aromatic heterocycles. The highest BCUT2D eigenvalue weighted by Crippen LogP contribution is 2.35. The molecule has 1 aliphatic heterocycles. The highest BCUT2D eigenvalue weighted by Gasteiger charge is 2.33. The minimum Gasteiger partial charge on any atom is -0.331 e. The number of hydrogen-bond acceptors (Lipinski definition) is 1. The van der Waals surface area contributed by atoms with Crippen LogP contribution in [0.2, 0.25) is 0 Å². The van der Waals surface area contributed by atoms with Gasteiger partial charge in [0, 0.05) is 6.54 Å². The van der Waals surface area contributed by atoms with Crippen LogP contribution in [0, 0.1) is 18.6 Å². The zero-order valence-corrected chi connectivity index (χ0v) is 12.4. The fourth-order valence-corrected chi connectivity index (χ4v) is 3.14. The van der Waals surface area contributed by atoms with Crippen molar-refractivity contribution in [3.05, 3.63) is 70.8 Å². The number of aryl methyl sites for hydroxylation is 1. The summed E-state index contributed by atoms with van der Waals surface area (Å²) in [6, 6.07) is 11.2. The summed E-state index contributed by atoms with van der Waals surface area (Å²) in [7, 11) is 0. The second-order valence-corrected chi connectivity index (χ2v) is 5.61. The average molecular weight is 301 g/mol. The number of benzene rings is 2. The van der Waals surface area contributed by atoms with Crippen molar-refractivity contribution in [2.75, 3.05) is 6.54 Å². The molecule has 1 saturated heterocycles. The van der Waals surface area contributed by atoms with Crippen LogP contribution in [0.1, 0.15) is 40.4 Å². The molecule has 2 aromatic carbocycles. The van der Waals surface area contributed by atoms with Crippen LogP contribution in [-0.4, -0.2) is 17.4 Å². The molecule has 0 saturated carbocycles. The number of halogens is 2. The lowest BCUT2D eigenvalue weighted by Gasteiger charge is -2.26. The quantitative estimate of drug-likeness (QED) is 0.812. The molecule has 0 unspecified atom stereocenters. The lowest BCUT2D eigenvalue weighted by Crippen LogP contribution is -2.32. The van der Waals surface area contributed by atoms with E-state index >= 15 is 0 Å². The first-order chi connectivity index (χ1) is 10.6. The van der Waals surface area contributed by atoms with E-state index in [9.17, 15) is 13.6 Å². The van der Waals surface area contributed by atoms with Crippen molar-refractivity contribution in [1.29, 1.82) is 0 Å². The molecule has 0 spiro atoms. The molecule has 4 heteroatoms. The maximum Gasteiger partial charge on any atom is 0.260 e. The Bertz CT molecular complexity index is 694. The first-order valence-corrected chi connectivity index (χ1v) is 7.40. The molecular formula is C18H17F2NO.